The highest BCUT2D eigenvalue weighted by atomic mass is 35.5. The molecular weight excluding hydrogens is 370 g/mol. The van der Waals surface area contributed by atoms with Gasteiger partial charge < -0.3 is 10.2 Å². The van der Waals surface area contributed by atoms with E-state index in [4.69, 9.17) is 11.6 Å². The van der Waals surface area contributed by atoms with E-state index in [-0.39, 0.29) is 18.1 Å². The molecule has 136 valence electrons. The molecule has 4 rings (SSSR count). The van der Waals surface area contributed by atoms with Gasteiger partial charge in [0, 0.05) is 28.8 Å². The molecule has 1 aliphatic heterocycles. The van der Waals surface area contributed by atoms with E-state index < -0.39 is 17.8 Å². The Morgan fingerprint density at radius 1 is 1.00 bits per heavy atom. The largest absolute Gasteiger partial charge is 0.359 e. The average Bonchev–Trinajstić information content (AvgIpc) is 2.92. The summed E-state index contributed by atoms with van der Waals surface area (Å²) in [6, 6.07) is 17.5. The number of fused-ring (bicyclic) bond motifs is 1. The van der Waals surface area contributed by atoms with E-state index in [0.29, 0.717) is 16.1 Å². The standard InChI is InChI=1S/C21H15ClF2N2O/c22-17-8-4-1-5-13(17)12-26-20(15-6-2-3-7-16(15)21(26)27)25-19-11-14(23)9-10-18(19)24/h1-11,20,25H,12H2/t20-/m0/s1. The predicted octanol–water partition coefficient (Wildman–Crippen LogP) is 5.38. The van der Waals surface area contributed by atoms with E-state index in [1.54, 1.807) is 29.2 Å². The number of amides is 1. The van der Waals surface area contributed by atoms with E-state index in [1.807, 2.05) is 24.3 Å². The molecule has 6 heteroatoms. The Kier molecular flexibility index (Phi) is 4.54. The van der Waals surface area contributed by atoms with Crippen LogP contribution in [-0.2, 0) is 6.54 Å². The fourth-order valence-corrected chi connectivity index (χ4v) is 3.45. The van der Waals surface area contributed by atoms with Gasteiger partial charge in [-0.25, -0.2) is 8.78 Å². The van der Waals surface area contributed by atoms with Crippen LogP contribution >= 0.6 is 11.6 Å². The number of rotatable bonds is 4. The van der Waals surface area contributed by atoms with Gasteiger partial charge in [0.05, 0.1) is 5.69 Å². The summed E-state index contributed by atoms with van der Waals surface area (Å²) in [5.41, 5.74) is 2.00. The van der Waals surface area contributed by atoms with Crippen molar-refractivity contribution in [2.45, 2.75) is 12.7 Å². The van der Waals surface area contributed by atoms with Gasteiger partial charge in [-0.05, 0) is 29.8 Å². The number of hydrogen-bond acceptors (Lipinski definition) is 2. The minimum absolute atomic E-state index is 0.00587. The highest BCUT2D eigenvalue weighted by molar-refractivity contribution is 6.31. The van der Waals surface area contributed by atoms with E-state index in [9.17, 15) is 13.6 Å². The molecule has 27 heavy (non-hydrogen) atoms. The maximum atomic E-state index is 14.2. The monoisotopic (exact) mass is 384 g/mol. The summed E-state index contributed by atoms with van der Waals surface area (Å²) >= 11 is 6.25. The van der Waals surface area contributed by atoms with Crippen LogP contribution in [0.1, 0.15) is 27.7 Å². The normalized spacial score (nSPS) is 15.7. The van der Waals surface area contributed by atoms with E-state index in [2.05, 4.69) is 5.32 Å². The molecule has 1 amide bonds. The number of halogens is 3. The number of nitrogens with zero attached hydrogens (tertiary/aromatic N) is 1. The molecule has 0 bridgehead atoms. The van der Waals surface area contributed by atoms with Crippen LogP contribution in [0.2, 0.25) is 5.02 Å². The van der Waals surface area contributed by atoms with Gasteiger partial charge >= 0.3 is 0 Å². The van der Waals surface area contributed by atoms with Gasteiger partial charge in [0.2, 0.25) is 0 Å². The van der Waals surface area contributed by atoms with Crippen molar-refractivity contribution in [3.05, 3.63) is 100 Å². The molecular formula is C21H15ClF2N2O. The molecule has 1 heterocycles. The van der Waals surface area contributed by atoms with Crippen LogP contribution in [0.15, 0.2) is 66.7 Å². The summed E-state index contributed by atoms with van der Waals surface area (Å²) < 4.78 is 27.7. The molecule has 0 aromatic heterocycles. The average molecular weight is 385 g/mol. The Hall–Kier alpha value is -2.92. The molecule has 0 spiro atoms. The molecule has 0 radical (unpaired) electrons. The van der Waals surface area contributed by atoms with Gasteiger partial charge in [-0.3, -0.25) is 4.79 Å². The Labute approximate surface area is 160 Å². The van der Waals surface area contributed by atoms with Crippen molar-refractivity contribution < 1.29 is 13.6 Å². The summed E-state index contributed by atoms with van der Waals surface area (Å²) in [4.78, 5) is 14.5. The lowest BCUT2D eigenvalue weighted by Crippen LogP contribution is -2.32. The summed E-state index contributed by atoms with van der Waals surface area (Å²) in [6.07, 6.45) is -0.638. The molecule has 0 saturated heterocycles. The highest BCUT2D eigenvalue weighted by Crippen LogP contribution is 2.36. The highest BCUT2D eigenvalue weighted by Gasteiger charge is 2.37. The van der Waals surface area contributed by atoms with Crippen LogP contribution < -0.4 is 5.32 Å². The molecule has 0 unspecified atom stereocenters. The Morgan fingerprint density at radius 2 is 1.74 bits per heavy atom. The topological polar surface area (TPSA) is 32.3 Å². The van der Waals surface area contributed by atoms with Crippen LogP contribution in [-0.4, -0.2) is 10.8 Å². The van der Waals surface area contributed by atoms with Crippen molar-refractivity contribution in [2.75, 3.05) is 5.32 Å². The summed E-state index contributed by atoms with van der Waals surface area (Å²) in [5.74, 6) is -1.35. The quantitative estimate of drug-likeness (QED) is 0.654. The Morgan fingerprint density at radius 3 is 2.56 bits per heavy atom. The van der Waals surface area contributed by atoms with Crippen molar-refractivity contribution in [3.8, 4) is 0 Å². The van der Waals surface area contributed by atoms with Gasteiger partial charge in [-0.15, -0.1) is 0 Å². The number of carbonyl (C=O) groups excluding carboxylic acids is 1. The zero-order chi connectivity index (χ0) is 19.0. The van der Waals surface area contributed by atoms with Crippen molar-refractivity contribution >= 4 is 23.2 Å². The number of nitrogens with one attached hydrogen (secondary N) is 1. The summed E-state index contributed by atoms with van der Waals surface area (Å²) in [7, 11) is 0. The minimum atomic E-state index is -0.638. The summed E-state index contributed by atoms with van der Waals surface area (Å²) in [5, 5.41) is 3.51. The SMILES string of the molecule is O=C1c2ccccc2[C@@H](Nc2cc(F)ccc2F)N1Cc1ccccc1Cl. The van der Waals surface area contributed by atoms with Crippen molar-refractivity contribution in [2.24, 2.45) is 0 Å². The molecule has 1 atom stereocenters. The zero-order valence-corrected chi connectivity index (χ0v) is 14.9. The van der Waals surface area contributed by atoms with E-state index >= 15 is 0 Å². The van der Waals surface area contributed by atoms with Gasteiger partial charge in [-0.1, -0.05) is 48.0 Å². The second-order valence-electron chi connectivity index (χ2n) is 6.28. The lowest BCUT2D eigenvalue weighted by molar-refractivity contribution is 0.0728. The van der Waals surface area contributed by atoms with Crippen LogP contribution in [0.5, 0.6) is 0 Å². The third kappa shape index (κ3) is 3.26. The van der Waals surface area contributed by atoms with Crippen molar-refractivity contribution in [1.29, 1.82) is 0 Å². The maximum Gasteiger partial charge on any atom is 0.256 e. The first-order chi connectivity index (χ1) is 13.0. The number of anilines is 1. The van der Waals surface area contributed by atoms with Gasteiger partial charge in [0.15, 0.2) is 0 Å². The van der Waals surface area contributed by atoms with Gasteiger partial charge in [0.25, 0.3) is 5.91 Å². The lowest BCUT2D eigenvalue weighted by Gasteiger charge is -2.27. The third-order valence-corrected chi connectivity index (χ3v) is 4.95. The van der Waals surface area contributed by atoms with Crippen LogP contribution in [0.3, 0.4) is 0 Å². The van der Waals surface area contributed by atoms with E-state index in [0.717, 1.165) is 23.8 Å². The predicted molar refractivity (Wildman–Crippen MR) is 100 cm³/mol. The number of hydrogen-bond donors (Lipinski definition) is 1. The van der Waals surface area contributed by atoms with Crippen LogP contribution in [0, 0.1) is 11.6 Å². The van der Waals surface area contributed by atoms with Crippen molar-refractivity contribution in [3.63, 3.8) is 0 Å². The van der Waals surface area contributed by atoms with E-state index in [1.165, 1.54) is 0 Å². The molecule has 0 aliphatic carbocycles. The van der Waals surface area contributed by atoms with Gasteiger partial charge in [-0.2, -0.15) is 0 Å². The molecule has 1 N–H and O–H groups in total. The molecule has 3 nitrogen and oxygen atoms in total. The first-order valence-electron chi connectivity index (χ1n) is 8.39. The first kappa shape index (κ1) is 17.5. The molecule has 0 saturated carbocycles. The lowest BCUT2D eigenvalue weighted by atomic mass is 10.1. The first-order valence-corrected chi connectivity index (χ1v) is 8.77. The number of benzene rings is 3. The fourth-order valence-electron chi connectivity index (χ4n) is 3.25. The molecule has 0 fully saturated rings. The second kappa shape index (κ2) is 7.00. The number of carbonyl (C=O) groups is 1. The molecule has 1 aliphatic rings. The van der Waals surface area contributed by atoms with Crippen molar-refractivity contribution in [1.82, 2.24) is 4.90 Å². The Bertz CT molecular complexity index is 1020. The molecule has 3 aromatic rings. The fraction of sp³-hybridized carbons (Fsp3) is 0.0952. The zero-order valence-electron chi connectivity index (χ0n) is 14.1. The summed E-state index contributed by atoms with van der Waals surface area (Å²) in [6.45, 7) is 0.238. The third-order valence-electron chi connectivity index (χ3n) is 4.58. The maximum absolute atomic E-state index is 14.2. The van der Waals surface area contributed by atoms with Crippen LogP contribution in [0.4, 0.5) is 14.5 Å². The van der Waals surface area contributed by atoms with Crippen LogP contribution in [0.25, 0.3) is 0 Å². The Balaban J connectivity index is 1.74. The minimum Gasteiger partial charge on any atom is -0.359 e. The van der Waals surface area contributed by atoms with Gasteiger partial charge in [0.1, 0.15) is 17.8 Å². The smallest absolute Gasteiger partial charge is 0.256 e. The molecule has 3 aromatic carbocycles. The second-order valence-corrected chi connectivity index (χ2v) is 6.69.